The molecule has 2 saturated heterocycles. The lowest BCUT2D eigenvalue weighted by atomic mass is 9.85. The van der Waals surface area contributed by atoms with E-state index in [-0.39, 0.29) is 18.0 Å². The number of hydrogen-bond acceptors (Lipinski definition) is 4. The Balaban J connectivity index is 1.19. The first kappa shape index (κ1) is 20.1. The lowest BCUT2D eigenvalue weighted by Gasteiger charge is -2.24. The third kappa shape index (κ3) is 3.79. The lowest BCUT2D eigenvalue weighted by molar-refractivity contribution is -0.137. The van der Waals surface area contributed by atoms with Gasteiger partial charge in [-0.15, -0.1) is 0 Å². The number of pyridine rings is 1. The van der Waals surface area contributed by atoms with Crippen molar-refractivity contribution in [3.8, 4) is 0 Å². The number of anilines is 1. The molecule has 5 nitrogen and oxygen atoms in total. The third-order valence-corrected chi connectivity index (χ3v) is 7.76. The van der Waals surface area contributed by atoms with Crippen molar-refractivity contribution in [2.75, 3.05) is 18.0 Å². The molecule has 4 fully saturated rings. The molecule has 0 radical (unpaired) electrons. The molecule has 6 atom stereocenters. The Morgan fingerprint density at radius 3 is 2.67 bits per heavy atom. The zero-order valence-corrected chi connectivity index (χ0v) is 17.0. The zero-order chi connectivity index (χ0) is 20.9. The van der Waals surface area contributed by atoms with E-state index >= 15 is 0 Å². The van der Waals surface area contributed by atoms with Gasteiger partial charge in [-0.25, -0.2) is 4.98 Å². The molecule has 2 aliphatic carbocycles. The predicted octanol–water partition coefficient (Wildman–Crippen LogP) is 3.35. The number of amides is 1. The minimum absolute atomic E-state index is 0.0776. The van der Waals surface area contributed by atoms with Gasteiger partial charge in [0.15, 0.2) is 0 Å². The van der Waals surface area contributed by atoms with Crippen LogP contribution < -0.4 is 15.5 Å². The van der Waals surface area contributed by atoms with Crippen LogP contribution in [0.15, 0.2) is 18.3 Å². The number of hydrogen-bond donors (Lipinski definition) is 2. The first-order valence-corrected chi connectivity index (χ1v) is 11.2. The Bertz CT molecular complexity index is 770. The Morgan fingerprint density at radius 2 is 1.93 bits per heavy atom. The number of aromatic nitrogens is 1. The fourth-order valence-corrected chi connectivity index (χ4v) is 6.18. The summed E-state index contributed by atoms with van der Waals surface area (Å²) in [6, 6.07) is 3.12. The van der Waals surface area contributed by atoms with Crippen LogP contribution in [0.1, 0.15) is 50.5 Å². The molecule has 2 aliphatic heterocycles. The van der Waals surface area contributed by atoms with E-state index in [0.717, 1.165) is 44.6 Å². The third-order valence-electron chi connectivity index (χ3n) is 7.76. The van der Waals surface area contributed by atoms with E-state index in [1.807, 2.05) is 0 Å². The van der Waals surface area contributed by atoms with Gasteiger partial charge in [0.05, 0.1) is 11.6 Å². The molecule has 30 heavy (non-hydrogen) atoms. The highest BCUT2D eigenvalue weighted by molar-refractivity contribution is 5.82. The van der Waals surface area contributed by atoms with Crippen LogP contribution in [0.3, 0.4) is 0 Å². The molecule has 4 aliphatic rings. The fraction of sp³-hybridized carbons (Fsp3) is 0.727. The van der Waals surface area contributed by atoms with E-state index in [1.165, 1.54) is 31.7 Å². The topological polar surface area (TPSA) is 57.3 Å². The molecule has 0 spiro atoms. The van der Waals surface area contributed by atoms with Gasteiger partial charge in [-0.1, -0.05) is 12.8 Å². The van der Waals surface area contributed by atoms with Gasteiger partial charge < -0.3 is 15.5 Å². The summed E-state index contributed by atoms with van der Waals surface area (Å²) in [4.78, 5) is 19.0. The van der Waals surface area contributed by atoms with Crippen LogP contribution in [0.5, 0.6) is 0 Å². The molecule has 2 N–H and O–H groups in total. The number of carbonyl (C=O) groups is 1. The van der Waals surface area contributed by atoms with E-state index in [0.29, 0.717) is 29.6 Å². The second kappa shape index (κ2) is 7.70. The van der Waals surface area contributed by atoms with E-state index < -0.39 is 11.7 Å². The van der Waals surface area contributed by atoms with Gasteiger partial charge in [-0.3, -0.25) is 4.79 Å². The van der Waals surface area contributed by atoms with Crippen LogP contribution in [0, 0.1) is 17.8 Å². The number of nitrogens with zero attached hydrogens (tertiary/aromatic N) is 2. The maximum absolute atomic E-state index is 12.9. The molecule has 0 bridgehead atoms. The normalized spacial score (nSPS) is 35.9. The van der Waals surface area contributed by atoms with Crippen LogP contribution in [0.4, 0.5) is 19.0 Å². The van der Waals surface area contributed by atoms with Crippen molar-refractivity contribution < 1.29 is 18.0 Å². The standard InChI is InChI=1S/C22H29F3N4O/c23-22(24,25)15-6-8-20(26-10-15)29-11-14-5-7-18(16(14)12-29)28-21(30)19-9-13-3-1-2-4-17(13)27-19/h6,8,10,13-14,16-19,27H,1-5,7,9,11-12H2,(H,28,30)/t13-,14+,16-,17-,18-,19-/m0/s1. The molecule has 0 unspecified atom stereocenters. The van der Waals surface area contributed by atoms with Crippen molar-refractivity contribution in [1.29, 1.82) is 0 Å². The van der Waals surface area contributed by atoms with E-state index in [1.54, 1.807) is 0 Å². The molecule has 3 heterocycles. The monoisotopic (exact) mass is 422 g/mol. The van der Waals surface area contributed by atoms with Crippen LogP contribution >= 0.6 is 0 Å². The molecule has 1 aromatic heterocycles. The molecule has 164 valence electrons. The smallest absolute Gasteiger partial charge is 0.356 e. The van der Waals surface area contributed by atoms with Crippen molar-refractivity contribution in [2.24, 2.45) is 17.8 Å². The Morgan fingerprint density at radius 1 is 1.10 bits per heavy atom. The highest BCUT2D eigenvalue weighted by atomic mass is 19.4. The summed E-state index contributed by atoms with van der Waals surface area (Å²) in [7, 11) is 0. The van der Waals surface area contributed by atoms with Crippen molar-refractivity contribution in [3.63, 3.8) is 0 Å². The summed E-state index contributed by atoms with van der Waals surface area (Å²) < 4.78 is 38.4. The van der Waals surface area contributed by atoms with Crippen molar-refractivity contribution in [1.82, 2.24) is 15.6 Å². The number of alkyl halides is 3. The van der Waals surface area contributed by atoms with Crippen molar-refractivity contribution in [3.05, 3.63) is 23.9 Å². The molecular weight excluding hydrogens is 393 g/mol. The van der Waals surface area contributed by atoms with Gasteiger partial charge >= 0.3 is 6.18 Å². The number of carbonyl (C=O) groups excluding carboxylic acids is 1. The van der Waals surface area contributed by atoms with Gasteiger partial charge in [-0.05, 0) is 56.1 Å². The molecule has 2 saturated carbocycles. The molecular formula is C22H29F3N4O. The number of halogens is 3. The second-order valence-electron chi connectivity index (χ2n) is 9.53. The summed E-state index contributed by atoms with van der Waals surface area (Å²) >= 11 is 0. The molecule has 1 amide bonds. The van der Waals surface area contributed by atoms with Crippen molar-refractivity contribution >= 4 is 11.7 Å². The average Bonchev–Trinajstić information content (AvgIpc) is 3.42. The van der Waals surface area contributed by atoms with Crippen LogP contribution in [-0.2, 0) is 11.0 Å². The van der Waals surface area contributed by atoms with E-state index in [9.17, 15) is 18.0 Å². The maximum atomic E-state index is 12.9. The molecule has 1 aromatic rings. The number of fused-ring (bicyclic) bond motifs is 2. The van der Waals surface area contributed by atoms with Crippen LogP contribution in [-0.4, -0.2) is 42.1 Å². The van der Waals surface area contributed by atoms with Crippen molar-refractivity contribution in [2.45, 2.75) is 69.2 Å². The number of rotatable bonds is 3. The largest absolute Gasteiger partial charge is 0.417 e. The lowest BCUT2D eigenvalue weighted by Crippen LogP contribution is -2.48. The van der Waals surface area contributed by atoms with Gasteiger partial charge in [0, 0.05) is 37.3 Å². The molecule has 8 heteroatoms. The molecule has 5 rings (SSSR count). The molecule has 0 aromatic carbocycles. The van der Waals surface area contributed by atoms with Crippen LogP contribution in [0.25, 0.3) is 0 Å². The second-order valence-corrected chi connectivity index (χ2v) is 9.53. The Hall–Kier alpha value is -1.83. The van der Waals surface area contributed by atoms with E-state index in [2.05, 4.69) is 20.5 Å². The minimum atomic E-state index is -4.37. The Kier molecular flexibility index (Phi) is 5.16. The Labute approximate surface area is 174 Å². The van der Waals surface area contributed by atoms with Gasteiger partial charge in [-0.2, -0.15) is 13.2 Å². The summed E-state index contributed by atoms with van der Waals surface area (Å²) in [5.74, 6) is 2.14. The van der Waals surface area contributed by atoms with Gasteiger partial charge in [0.25, 0.3) is 0 Å². The fourth-order valence-electron chi connectivity index (χ4n) is 6.18. The minimum Gasteiger partial charge on any atom is -0.356 e. The van der Waals surface area contributed by atoms with E-state index in [4.69, 9.17) is 0 Å². The quantitative estimate of drug-likeness (QED) is 0.785. The summed E-state index contributed by atoms with van der Waals surface area (Å²) in [5.41, 5.74) is -0.722. The van der Waals surface area contributed by atoms with Crippen LogP contribution in [0.2, 0.25) is 0 Å². The first-order valence-electron chi connectivity index (χ1n) is 11.2. The summed E-state index contributed by atoms with van der Waals surface area (Å²) in [6.07, 6.45) is 4.44. The van der Waals surface area contributed by atoms with Gasteiger partial charge in [0.1, 0.15) is 5.82 Å². The highest BCUT2D eigenvalue weighted by Crippen LogP contribution is 2.40. The SMILES string of the molecule is O=C(N[C@H]1CC[C@@H]2CN(c3ccc(C(F)(F)F)cn3)C[C@@H]21)[C@@H]1C[C@@H]2CCCC[C@@H]2N1. The summed E-state index contributed by atoms with van der Waals surface area (Å²) in [5, 5.41) is 6.86. The average molecular weight is 422 g/mol. The zero-order valence-electron chi connectivity index (χ0n) is 17.0. The highest BCUT2D eigenvalue weighted by Gasteiger charge is 2.45. The number of nitrogens with one attached hydrogen (secondary N) is 2. The predicted molar refractivity (Wildman–Crippen MR) is 107 cm³/mol. The maximum Gasteiger partial charge on any atom is 0.417 e. The first-order chi connectivity index (χ1) is 14.4. The van der Waals surface area contributed by atoms with Gasteiger partial charge in [0.2, 0.25) is 5.91 Å². The summed E-state index contributed by atoms with van der Waals surface area (Å²) in [6.45, 7) is 1.53.